The number of nitrogens with zero attached hydrogens (tertiary/aromatic N) is 4. The second-order valence-electron chi connectivity index (χ2n) is 7.70. The number of anilines is 1. The zero-order valence-electron chi connectivity index (χ0n) is 18.2. The van der Waals surface area contributed by atoms with E-state index < -0.39 is 0 Å². The zero-order valence-corrected chi connectivity index (χ0v) is 20.6. The first-order chi connectivity index (χ1) is 15.2. The number of hydrogen-bond donors (Lipinski definition) is 2. The fourth-order valence-corrected chi connectivity index (χ4v) is 3.86. The highest BCUT2D eigenvalue weighted by Gasteiger charge is 2.20. The molecular formula is C24H30FIN6. The molecule has 1 aliphatic rings. The number of aromatic nitrogens is 2. The SMILES string of the molecule is CCNC(=NCc1cccc(-n2cccn2)c1)NC1CCN(c2cccc(F)c2)CC1.I. The monoisotopic (exact) mass is 548 g/mol. The third-order valence-corrected chi connectivity index (χ3v) is 5.45. The maximum atomic E-state index is 13.5. The van der Waals surface area contributed by atoms with E-state index in [1.165, 1.54) is 6.07 Å². The van der Waals surface area contributed by atoms with Crippen molar-refractivity contribution in [2.75, 3.05) is 24.5 Å². The van der Waals surface area contributed by atoms with Crippen molar-refractivity contribution in [1.29, 1.82) is 0 Å². The van der Waals surface area contributed by atoms with Crippen LogP contribution in [0.3, 0.4) is 0 Å². The molecule has 0 bridgehead atoms. The minimum Gasteiger partial charge on any atom is -0.371 e. The fraction of sp³-hybridized carbons (Fsp3) is 0.333. The van der Waals surface area contributed by atoms with Crippen molar-refractivity contribution in [3.8, 4) is 5.69 Å². The van der Waals surface area contributed by atoms with Gasteiger partial charge in [0.1, 0.15) is 5.82 Å². The van der Waals surface area contributed by atoms with Crippen LogP contribution in [0.4, 0.5) is 10.1 Å². The van der Waals surface area contributed by atoms with Gasteiger partial charge in [-0.2, -0.15) is 5.10 Å². The van der Waals surface area contributed by atoms with Crippen LogP contribution < -0.4 is 15.5 Å². The van der Waals surface area contributed by atoms with Gasteiger partial charge >= 0.3 is 0 Å². The first-order valence-corrected chi connectivity index (χ1v) is 10.9. The summed E-state index contributed by atoms with van der Waals surface area (Å²) >= 11 is 0. The van der Waals surface area contributed by atoms with Gasteiger partial charge in [-0.3, -0.25) is 0 Å². The lowest BCUT2D eigenvalue weighted by Gasteiger charge is -2.34. The molecule has 6 nitrogen and oxygen atoms in total. The van der Waals surface area contributed by atoms with E-state index in [9.17, 15) is 4.39 Å². The Balaban J connectivity index is 0.00000289. The topological polar surface area (TPSA) is 57.5 Å². The van der Waals surface area contributed by atoms with E-state index in [4.69, 9.17) is 4.99 Å². The molecule has 170 valence electrons. The molecule has 0 saturated carbocycles. The molecule has 32 heavy (non-hydrogen) atoms. The molecule has 1 fully saturated rings. The van der Waals surface area contributed by atoms with Gasteiger partial charge in [-0.1, -0.05) is 18.2 Å². The van der Waals surface area contributed by atoms with Crippen LogP contribution >= 0.6 is 24.0 Å². The quantitative estimate of drug-likeness (QED) is 0.273. The third kappa shape index (κ3) is 6.44. The molecule has 0 aliphatic carbocycles. The molecular weight excluding hydrogens is 518 g/mol. The lowest BCUT2D eigenvalue weighted by atomic mass is 10.0. The maximum Gasteiger partial charge on any atom is 0.191 e. The Morgan fingerprint density at radius 2 is 1.88 bits per heavy atom. The van der Waals surface area contributed by atoms with Crippen molar-refractivity contribution in [1.82, 2.24) is 20.4 Å². The highest BCUT2D eigenvalue weighted by Crippen LogP contribution is 2.20. The predicted octanol–water partition coefficient (Wildman–Crippen LogP) is 4.35. The van der Waals surface area contributed by atoms with Crippen molar-refractivity contribution in [2.24, 2.45) is 4.99 Å². The number of guanidine groups is 1. The Morgan fingerprint density at radius 1 is 1.09 bits per heavy atom. The van der Waals surface area contributed by atoms with Crippen molar-refractivity contribution >= 4 is 35.6 Å². The molecule has 8 heteroatoms. The number of piperidine rings is 1. The van der Waals surface area contributed by atoms with Gasteiger partial charge in [0.2, 0.25) is 0 Å². The van der Waals surface area contributed by atoms with Crippen LogP contribution in [0.25, 0.3) is 5.69 Å². The molecule has 0 amide bonds. The predicted molar refractivity (Wildman–Crippen MR) is 139 cm³/mol. The van der Waals surface area contributed by atoms with Gasteiger partial charge in [0, 0.05) is 43.8 Å². The first-order valence-electron chi connectivity index (χ1n) is 10.9. The van der Waals surface area contributed by atoms with Crippen molar-refractivity contribution in [2.45, 2.75) is 32.4 Å². The van der Waals surface area contributed by atoms with Crippen LogP contribution in [-0.2, 0) is 6.54 Å². The summed E-state index contributed by atoms with van der Waals surface area (Å²) in [7, 11) is 0. The Labute approximate surface area is 205 Å². The highest BCUT2D eigenvalue weighted by atomic mass is 127. The molecule has 2 N–H and O–H groups in total. The lowest BCUT2D eigenvalue weighted by molar-refractivity contribution is 0.461. The molecule has 3 aromatic rings. The number of rotatable bonds is 6. The summed E-state index contributed by atoms with van der Waals surface area (Å²) in [6.07, 6.45) is 5.67. The van der Waals surface area contributed by atoms with E-state index in [0.29, 0.717) is 12.6 Å². The summed E-state index contributed by atoms with van der Waals surface area (Å²) in [5.41, 5.74) is 3.11. The van der Waals surface area contributed by atoms with Crippen molar-refractivity contribution in [3.05, 3.63) is 78.4 Å². The Morgan fingerprint density at radius 3 is 2.59 bits per heavy atom. The van der Waals surface area contributed by atoms with Gasteiger partial charge in [-0.05, 0) is 61.7 Å². The molecule has 1 saturated heterocycles. The van der Waals surface area contributed by atoms with Gasteiger partial charge in [-0.15, -0.1) is 24.0 Å². The molecule has 2 aromatic carbocycles. The van der Waals surface area contributed by atoms with Crippen LogP contribution in [0, 0.1) is 5.82 Å². The van der Waals surface area contributed by atoms with Crippen molar-refractivity contribution < 1.29 is 4.39 Å². The van der Waals surface area contributed by atoms with Gasteiger partial charge in [0.15, 0.2) is 5.96 Å². The molecule has 0 unspecified atom stereocenters. The molecule has 2 heterocycles. The zero-order chi connectivity index (χ0) is 21.5. The fourth-order valence-electron chi connectivity index (χ4n) is 3.86. The van der Waals surface area contributed by atoms with Crippen LogP contribution in [0.15, 0.2) is 72.0 Å². The van der Waals surface area contributed by atoms with Gasteiger partial charge in [0.25, 0.3) is 0 Å². The maximum absolute atomic E-state index is 13.5. The van der Waals surface area contributed by atoms with Gasteiger partial charge < -0.3 is 15.5 Å². The smallest absolute Gasteiger partial charge is 0.191 e. The summed E-state index contributed by atoms with van der Waals surface area (Å²) in [6, 6.07) is 17.4. The average Bonchev–Trinajstić information content (AvgIpc) is 3.33. The van der Waals surface area contributed by atoms with Gasteiger partial charge in [0.05, 0.1) is 12.2 Å². The minimum atomic E-state index is -0.184. The number of nitrogens with one attached hydrogen (secondary N) is 2. The standard InChI is InChI=1S/C24H29FN6.HI/c1-2-26-24(27-18-19-6-3-9-23(16-19)31-13-5-12-28-31)29-21-10-14-30(15-11-21)22-8-4-7-20(25)17-22;/h3-9,12-13,16-17,21H,2,10-11,14-15,18H2,1H3,(H2,26,27,29);1H. The van der Waals surface area contributed by atoms with E-state index in [-0.39, 0.29) is 29.8 Å². The molecule has 0 atom stereocenters. The Hall–Kier alpha value is -2.62. The van der Waals surface area contributed by atoms with E-state index in [1.807, 2.05) is 35.1 Å². The molecule has 0 radical (unpaired) electrons. The van der Waals surface area contributed by atoms with E-state index in [1.54, 1.807) is 18.3 Å². The van der Waals surface area contributed by atoms with Crippen LogP contribution in [0.5, 0.6) is 0 Å². The number of halogens is 2. The second-order valence-corrected chi connectivity index (χ2v) is 7.70. The van der Waals surface area contributed by atoms with Crippen LogP contribution in [0.1, 0.15) is 25.3 Å². The summed E-state index contributed by atoms with van der Waals surface area (Å²) in [6.45, 7) is 5.26. The molecule has 1 aliphatic heterocycles. The first kappa shape index (κ1) is 24.0. The summed E-state index contributed by atoms with van der Waals surface area (Å²) in [5, 5.41) is 11.2. The largest absolute Gasteiger partial charge is 0.371 e. The Kier molecular flexibility index (Phi) is 8.90. The van der Waals surface area contributed by atoms with E-state index >= 15 is 0 Å². The van der Waals surface area contributed by atoms with Crippen molar-refractivity contribution in [3.63, 3.8) is 0 Å². The molecule has 0 spiro atoms. The van der Waals surface area contributed by atoms with E-state index in [0.717, 1.165) is 55.4 Å². The summed E-state index contributed by atoms with van der Waals surface area (Å²) in [5.74, 6) is 0.645. The number of benzene rings is 2. The summed E-state index contributed by atoms with van der Waals surface area (Å²) in [4.78, 5) is 7.03. The van der Waals surface area contributed by atoms with Crippen LogP contribution in [-0.4, -0.2) is 41.4 Å². The van der Waals surface area contributed by atoms with E-state index in [2.05, 4.69) is 39.7 Å². The highest BCUT2D eigenvalue weighted by molar-refractivity contribution is 14.0. The molecule has 4 rings (SSSR count). The second kappa shape index (κ2) is 11.8. The molecule has 1 aromatic heterocycles. The third-order valence-electron chi connectivity index (χ3n) is 5.45. The minimum absolute atomic E-state index is 0. The Bertz CT molecular complexity index is 999. The van der Waals surface area contributed by atoms with Crippen LogP contribution in [0.2, 0.25) is 0 Å². The summed E-state index contributed by atoms with van der Waals surface area (Å²) < 4.78 is 15.4. The lowest BCUT2D eigenvalue weighted by Crippen LogP contribution is -2.48. The number of hydrogen-bond acceptors (Lipinski definition) is 3. The normalized spacial score (nSPS) is 14.7. The number of aliphatic imine (C=N–C) groups is 1. The average molecular weight is 548 g/mol. The van der Waals surface area contributed by atoms with Gasteiger partial charge in [-0.25, -0.2) is 14.1 Å².